The fourth-order valence-corrected chi connectivity index (χ4v) is 2.10. The largest absolute Gasteiger partial charge is 0.406 e. The topological polar surface area (TPSA) is 20.3 Å². The van der Waals surface area contributed by atoms with Gasteiger partial charge in [0.25, 0.3) is 5.91 Å². The van der Waals surface area contributed by atoms with Gasteiger partial charge in [-0.1, -0.05) is 15.9 Å². The maximum atomic E-state index is 13.6. The van der Waals surface area contributed by atoms with Crippen LogP contribution in [0.2, 0.25) is 0 Å². The summed E-state index contributed by atoms with van der Waals surface area (Å²) in [5.41, 5.74) is -0.334. The monoisotopic (exact) mass is 339 g/mol. The number of benzene rings is 1. The zero-order valence-electron chi connectivity index (χ0n) is 9.68. The van der Waals surface area contributed by atoms with Crippen LogP contribution in [0.5, 0.6) is 0 Å². The Kier molecular flexibility index (Phi) is 3.85. The highest BCUT2D eigenvalue weighted by Crippen LogP contribution is 2.32. The van der Waals surface area contributed by atoms with Crippen LogP contribution < -0.4 is 0 Å². The molecule has 0 saturated heterocycles. The van der Waals surface area contributed by atoms with Gasteiger partial charge in [0.15, 0.2) is 0 Å². The third-order valence-electron chi connectivity index (χ3n) is 2.76. The van der Waals surface area contributed by atoms with Gasteiger partial charge in [-0.15, -0.1) is 0 Å². The Bertz CT molecular complexity index is 499. The SMILES string of the molecule is O=C(c1ccc(Br)cc1F)N(CC(F)(F)F)C1CC1. The van der Waals surface area contributed by atoms with Crippen molar-refractivity contribution in [1.29, 1.82) is 0 Å². The summed E-state index contributed by atoms with van der Waals surface area (Å²) < 4.78 is 51.4. The van der Waals surface area contributed by atoms with Crippen LogP contribution in [-0.2, 0) is 0 Å². The molecule has 0 aliphatic heterocycles. The average Bonchev–Trinajstić information content (AvgIpc) is 3.07. The van der Waals surface area contributed by atoms with E-state index in [4.69, 9.17) is 0 Å². The van der Waals surface area contributed by atoms with E-state index in [1.165, 1.54) is 12.1 Å². The molecule has 0 atom stereocenters. The summed E-state index contributed by atoms with van der Waals surface area (Å²) in [6.45, 7) is -1.34. The summed E-state index contributed by atoms with van der Waals surface area (Å²) in [5, 5.41) is 0. The molecule has 1 aromatic rings. The number of alkyl halides is 3. The smallest absolute Gasteiger partial charge is 0.326 e. The molecule has 1 amide bonds. The Morgan fingerprint density at radius 2 is 2.00 bits per heavy atom. The highest BCUT2D eigenvalue weighted by molar-refractivity contribution is 9.10. The first kappa shape index (κ1) is 14.3. The first-order valence-corrected chi connectivity index (χ1v) is 6.40. The molecule has 0 radical (unpaired) electrons. The van der Waals surface area contributed by atoms with Crippen LogP contribution in [0.25, 0.3) is 0 Å². The molecule has 2 nitrogen and oxygen atoms in total. The molecule has 0 aromatic heterocycles. The van der Waals surface area contributed by atoms with Gasteiger partial charge in [0.2, 0.25) is 0 Å². The van der Waals surface area contributed by atoms with Crippen molar-refractivity contribution in [2.45, 2.75) is 25.1 Å². The summed E-state index contributed by atoms with van der Waals surface area (Å²) in [4.78, 5) is 12.7. The average molecular weight is 340 g/mol. The van der Waals surface area contributed by atoms with E-state index in [2.05, 4.69) is 15.9 Å². The molecule has 0 N–H and O–H groups in total. The molecule has 1 fully saturated rings. The quantitative estimate of drug-likeness (QED) is 0.768. The number of carbonyl (C=O) groups is 1. The lowest BCUT2D eigenvalue weighted by atomic mass is 10.2. The second-order valence-corrected chi connectivity index (χ2v) is 5.32. The van der Waals surface area contributed by atoms with Crippen molar-refractivity contribution in [3.8, 4) is 0 Å². The van der Waals surface area contributed by atoms with E-state index in [0.29, 0.717) is 22.2 Å². The summed E-state index contributed by atoms with van der Waals surface area (Å²) in [6, 6.07) is 3.24. The molecule has 0 heterocycles. The first-order chi connectivity index (χ1) is 8.78. The normalized spacial score (nSPS) is 15.4. The zero-order valence-corrected chi connectivity index (χ0v) is 11.3. The molecule has 19 heavy (non-hydrogen) atoms. The van der Waals surface area contributed by atoms with Crippen LogP contribution >= 0.6 is 15.9 Å². The van der Waals surface area contributed by atoms with Crippen molar-refractivity contribution in [1.82, 2.24) is 4.90 Å². The molecule has 1 aliphatic carbocycles. The molecule has 1 saturated carbocycles. The number of carbonyl (C=O) groups excluding carboxylic acids is 1. The number of rotatable bonds is 3. The molecule has 0 unspecified atom stereocenters. The maximum Gasteiger partial charge on any atom is 0.406 e. The molecule has 1 aliphatic rings. The lowest BCUT2D eigenvalue weighted by molar-refractivity contribution is -0.141. The molecule has 2 rings (SSSR count). The van der Waals surface area contributed by atoms with Crippen LogP contribution in [0.15, 0.2) is 22.7 Å². The number of halogens is 5. The number of hydrogen-bond donors (Lipinski definition) is 0. The van der Waals surface area contributed by atoms with Gasteiger partial charge >= 0.3 is 6.18 Å². The van der Waals surface area contributed by atoms with Gasteiger partial charge in [0.05, 0.1) is 5.56 Å². The minimum atomic E-state index is -4.48. The fourth-order valence-electron chi connectivity index (χ4n) is 1.76. The molecular formula is C12H10BrF4NO. The second kappa shape index (κ2) is 5.11. The van der Waals surface area contributed by atoms with Crippen LogP contribution in [-0.4, -0.2) is 29.6 Å². The third-order valence-corrected chi connectivity index (χ3v) is 3.25. The number of nitrogens with zero attached hydrogens (tertiary/aromatic N) is 1. The molecule has 0 bridgehead atoms. The maximum absolute atomic E-state index is 13.6. The molecule has 7 heteroatoms. The Morgan fingerprint density at radius 1 is 1.37 bits per heavy atom. The van der Waals surface area contributed by atoms with Crippen LogP contribution in [0, 0.1) is 5.82 Å². The molecule has 104 valence electrons. The predicted molar refractivity (Wildman–Crippen MR) is 64.2 cm³/mol. The van der Waals surface area contributed by atoms with E-state index in [1.54, 1.807) is 0 Å². The van der Waals surface area contributed by atoms with Crippen LogP contribution in [0.4, 0.5) is 17.6 Å². The Balaban J connectivity index is 2.24. The lowest BCUT2D eigenvalue weighted by Gasteiger charge is -2.24. The summed E-state index contributed by atoms with van der Waals surface area (Å²) in [6.07, 6.45) is -3.43. The third kappa shape index (κ3) is 3.68. The van der Waals surface area contributed by atoms with Gasteiger partial charge in [-0.3, -0.25) is 4.79 Å². The van der Waals surface area contributed by atoms with Gasteiger partial charge < -0.3 is 4.90 Å². The summed E-state index contributed by atoms with van der Waals surface area (Å²) in [7, 11) is 0. The first-order valence-electron chi connectivity index (χ1n) is 5.61. The van der Waals surface area contributed by atoms with Gasteiger partial charge in [-0.25, -0.2) is 4.39 Å². The van der Waals surface area contributed by atoms with Gasteiger partial charge in [0, 0.05) is 10.5 Å². The van der Waals surface area contributed by atoms with E-state index in [9.17, 15) is 22.4 Å². The fraction of sp³-hybridized carbons (Fsp3) is 0.417. The highest BCUT2D eigenvalue weighted by atomic mass is 79.9. The minimum absolute atomic E-state index is 0.334. The van der Waals surface area contributed by atoms with Crippen LogP contribution in [0.3, 0.4) is 0 Å². The van der Waals surface area contributed by atoms with E-state index in [1.807, 2.05) is 0 Å². The van der Waals surface area contributed by atoms with E-state index in [0.717, 1.165) is 6.07 Å². The van der Waals surface area contributed by atoms with Crippen LogP contribution in [0.1, 0.15) is 23.2 Å². The molecule has 0 spiro atoms. The Labute approximate surface area is 115 Å². The Morgan fingerprint density at radius 3 is 2.47 bits per heavy atom. The number of hydrogen-bond acceptors (Lipinski definition) is 1. The number of amides is 1. The van der Waals surface area contributed by atoms with Crippen molar-refractivity contribution in [2.75, 3.05) is 6.54 Å². The highest BCUT2D eigenvalue weighted by Gasteiger charge is 2.41. The zero-order chi connectivity index (χ0) is 14.2. The second-order valence-electron chi connectivity index (χ2n) is 4.40. The molecular weight excluding hydrogens is 330 g/mol. The van der Waals surface area contributed by atoms with Gasteiger partial charge in [-0.05, 0) is 31.0 Å². The van der Waals surface area contributed by atoms with Crippen molar-refractivity contribution in [2.24, 2.45) is 0 Å². The summed E-state index contributed by atoms with van der Waals surface area (Å²) >= 11 is 3.03. The molecule has 1 aromatic carbocycles. The van der Waals surface area contributed by atoms with Gasteiger partial charge in [-0.2, -0.15) is 13.2 Å². The van der Waals surface area contributed by atoms with E-state index < -0.39 is 30.5 Å². The van der Waals surface area contributed by atoms with E-state index in [-0.39, 0.29) is 5.56 Å². The van der Waals surface area contributed by atoms with Crippen molar-refractivity contribution >= 4 is 21.8 Å². The van der Waals surface area contributed by atoms with E-state index >= 15 is 0 Å². The van der Waals surface area contributed by atoms with Crippen molar-refractivity contribution in [3.63, 3.8) is 0 Å². The van der Waals surface area contributed by atoms with Gasteiger partial charge in [0.1, 0.15) is 12.4 Å². The van der Waals surface area contributed by atoms with Crippen molar-refractivity contribution in [3.05, 3.63) is 34.1 Å². The Hall–Kier alpha value is -1.11. The lowest BCUT2D eigenvalue weighted by Crippen LogP contribution is -2.40. The predicted octanol–water partition coefficient (Wildman–Crippen LogP) is 3.76. The van der Waals surface area contributed by atoms with Crippen molar-refractivity contribution < 1.29 is 22.4 Å². The summed E-state index contributed by atoms with van der Waals surface area (Å²) in [5.74, 6) is -1.74. The minimum Gasteiger partial charge on any atom is -0.326 e. The standard InChI is InChI=1S/C12H10BrF4NO/c13-7-1-4-9(10(14)5-7)11(19)18(8-2-3-8)6-12(15,16)17/h1,4-5,8H,2-3,6H2.